The minimum absolute atomic E-state index is 0. The van der Waals surface area contributed by atoms with Gasteiger partial charge in [-0.25, -0.2) is 0 Å². The SMILES string of the molecule is CCNC(=NCC1CCN(CC)C1)N1CCC2(CCOC2)C1.I. The summed E-state index contributed by atoms with van der Waals surface area (Å²) < 4.78 is 5.64. The maximum Gasteiger partial charge on any atom is 0.193 e. The minimum Gasteiger partial charge on any atom is -0.381 e. The summed E-state index contributed by atoms with van der Waals surface area (Å²) in [7, 11) is 0. The Morgan fingerprint density at radius 3 is 2.83 bits per heavy atom. The molecule has 3 aliphatic heterocycles. The number of halogens is 1. The van der Waals surface area contributed by atoms with E-state index in [9.17, 15) is 0 Å². The van der Waals surface area contributed by atoms with Gasteiger partial charge in [-0.05, 0) is 45.2 Å². The molecule has 1 N–H and O–H groups in total. The summed E-state index contributed by atoms with van der Waals surface area (Å²) in [6.07, 6.45) is 3.77. The Balaban J connectivity index is 0.00000192. The van der Waals surface area contributed by atoms with Crippen molar-refractivity contribution in [2.24, 2.45) is 16.3 Å². The van der Waals surface area contributed by atoms with E-state index in [1.54, 1.807) is 0 Å². The van der Waals surface area contributed by atoms with Gasteiger partial charge in [-0.1, -0.05) is 6.92 Å². The molecule has 23 heavy (non-hydrogen) atoms. The number of likely N-dealkylation sites (tertiary alicyclic amines) is 2. The molecule has 6 heteroatoms. The number of nitrogens with zero attached hydrogens (tertiary/aromatic N) is 3. The smallest absolute Gasteiger partial charge is 0.193 e. The Kier molecular flexibility index (Phi) is 7.41. The third kappa shape index (κ3) is 4.72. The average Bonchev–Trinajstić information content (AvgIpc) is 3.26. The van der Waals surface area contributed by atoms with Crippen molar-refractivity contribution in [3.8, 4) is 0 Å². The molecule has 0 aromatic carbocycles. The van der Waals surface area contributed by atoms with Crippen LogP contribution in [0.3, 0.4) is 0 Å². The molecule has 3 saturated heterocycles. The van der Waals surface area contributed by atoms with Crippen LogP contribution in [0, 0.1) is 11.3 Å². The van der Waals surface area contributed by atoms with Crippen LogP contribution in [0.1, 0.15) is 33.1 Å². The highest BCUT2D eigenvalue weighted by Crippen LogP contribution is 2.38. The fraction of sp³-hybridized carbons (Fsp3) is 0.941. The van der Waals surface area contributed by atoms with Gasteiger partial charge >= 0.3 is 0 Å². The van der Waals surface area contributed by atoms with Crippen LogP contribution >= 0.6 is 24.0 Å². The Labute approximate surface area is 158 Å². The summed E-state index contributed by atoms with van der Waals surface area (Å²) in [6, 6.07) is 0. The van der Waals surface area contributed by atoms with Gasteiger partial charge in [0.15, 0.2) is 5.96 Å². The van der Waals surface area contributed by atoms with Crippen molar-refractivity contribution in [2.75, 3.05) is 59.0 Å². The van der Waals surface area contributed by atoms with Gasteiger partial charge in [0.1, 0.15) is 0 Å². The van der Waals surface area contributed by atoms with Gasteiger partial charge in [0.05, 0.1) is 6.61 Å². The van der Waals surface area contributed by atoms with E-state index < -0.39 is 0 Å². The Bertz CT molecular complexity index is 398. The van der Waals surface area contributed by atoms with Crippen molar-refractivity contribution in [1.82, 2.24) is 15.1 Å². The van der Waals surface area contributed by atoms with E-state index in [2.05, 4.69) is 29.0 Å². The van der Waals surface area contributed by atoms with E-state index in [0.717, 1.165) is 51.3 Å². The van der Waals surface area contributed by atoms with Crippen LogP contribution in [0.5, 0.6) is 0 Å². The summed E-state index contributed by atoms with van der Waals surface area (Å²) >= 11 is 0. The normalized spacial score (nSPS) is 31.8. The van der Waals surface area contributed by atoms with Gasteiger partial charge < -0.3 is 19.9 Å². The van der Waals surface area contributed by atoms with Gasteiger partial charge in [0.2, 0.25) is 0 Å². The molecule has 0 bridgehead atoms. The third-order valence-corrected chi connectivity index (χ3v) is 5.57. The Morgan fingerprint density at radius 2 is 2.17 bits per heavy atom. The lowest BCUT2D eigenvalue weighted by atomic mass is 9.87. The van der Waals surface area contributed by atoms with E-state index in [1.165, 1.54) is 38.9 Å². The van der Waals surface area contributed by atoms with E-state index in [-0.39, 0.29) is 24.0 Å². The van der Waals surface area contributed by atoms with Crippen LogP contribution < -0.4 is 5.32 Å². The lowest BCUT2D eigenvalue weighted by Crippen LogP contribution is -2.41. The van der Waals surface area contributed by atoms with Gasteiger partial charge in [0.25, 0.3) is 0 Å². The van der Waals surface area contributed by atoms with E-state index in [1.807, 2.05) is 0 Å². The predicted molar refractivity (Wildman–Crippen MR) is 106 cm³/mol. The van der Waals surface area contributed by atoms with Crippen molar-refractivity contribution >= 4 is 29.9 Å². The molecule has 2 unspecified atom stereocenters. The molecule has 3 rings (SSSR count). The van der Waals surface area contributed by atoms with E-state index >= 15 is 0 Å². The highest BCUT2D eigenvalue weighted by molar-refractivity contribution is 14.0. The number of aliphatic imine (C=N–C) groups is 1. The molecule has 5 nitrogen and oxygen atoms in total. The maximum absolute atomic E-state index is 5.64. The first-order chi connectivity index (χ1) is 10.7. The van der Waals surface area contributed by atoms with Crippen LogP contribution in [0.15, 0.2) is 4.99 Å². The summed E-state index contributed by atoms with van der Waals surface area (Å²) in [4.78, 5) is 9.96. The second-order valence-electron chi connectivity index (χ2n) is 7.22. The molecule has 3 fully saturated rings. The molecule has 134 valence electrons. The first-order valence-electron chi connectivity index (χ1n) is 9.08. The van der Waals surface area contributed by atoms with Crippen LogP contribution in [-0.4, -0.2) is 74.8 Å². The summed E-state index contributed by atoms with van der Waals surface area (Å²) in [5.74, 6) is 1.86. The zero-order valence-corrected chi connectivity index (χ0v) is 17.1. The van der Waals surface area contributed by atoms with E-state index in [4.69, 9.17) is 9.73 Å². The molecular formula is C17H33IN4O. The standard InChI is InChI=1S/C17H32N4O.HI/c1-3-18-16(19-11-15-5-8-20(4-2)12-15)21-9-6-17(13-21)7-10-22-14-17;/h15H,3-14H2,1-2H3,(H,18,19);1H. The average molecular weight is 436 g/mol. The van der Waals surface area contributed by atoms with Crippen LogP contribution in [0.2, 0.25) is 0 Å². The first-order valence-corrected chi connectivity index (χ1v) is 9.08. The molecule has 0 aromatic rings. The number of hydrogen-bond acceptors (Lipinski definition) is 3. The van der Waals surface area contributed by atoms with Crippen molar-refractivity contribution in [3.63, 3.8) is 0 Å². The highest BCUT2D eigenvalue weighted by Gasteiger charge is 2.42. The largest absolute Gasteiger partial charge is 0.381 e. The molecule has 0 amide bonds. The molecule has 0 aromatic heterocycles. The Hall–Kier alpha value is -0.0800. The van der Waals surface area contributed by atoms with Crippen molar-refractivity contribution in [1.29, 1.82) is 0 Å². The molecule has 1 spiro atoms. The second kappa shape index (κ2) is 8.85. The second-order valence-corrected chi connectivity index (χ2v) is 7.22. The fourth-order valence-electron chi connectivity index (χ4n) is 4.08. The fourth-order valence-corrected chi connectivity index (χ4v) is 4.08. The summed E-state index contributed by atoms with van der Waals surface area (Å²) in [5.41, 5.74) is 0.405. The number of hydrogen-bond donors (Lipinski definition) is 1. The topological polar surface area (TPSA) is 40.1 Å². The molecule has 2 atom stereocenters. The van der Waals surface area contributed by atoms with Crippen LogP contribution in [-0.2, 0) is 4.74 Å². The number of rotatable bonds is 4. The van der Waals surface area contributed by atoms with Gasteiger partial charge in [-0.15, -0.1) is 24.0 Å². The van der Waals surface area contributed by atoms with E-state index in [0.29, 0.717) is 5.41 Å². The van der Waals surface area contributed by atoms with Crippen molar-refractivity contribution in [2.45, 2.75) is 33.1 Å². The van der Waals surface area contributed by atoms with Crippen molar-refractivity contribution < 1.29 is 4.74 Å². The summed E-state index contributed by atoms with van der Waals surface area (Å²) in [6.45, 7) is 14.1. The lowest BCUT2D eigenvalue weighted by molar-refractivity contribution is 0.156. The van der Waals surface area contributed by atoms with Gasteiger partial charge in [-0.3, -0.25) is 4.99 Å². The third-order valence-electron chi connectivity index (χ3n) is 5.57. The minimum atomic E-state index is 0. The monoisotopic (exact) mass is 436 g/mol. The van der Waals surface area contributed by atoms with Crippen molar-refractivity contribution in [3.05, 3.63) is 0 Å². The first kappa shape index (κ1) is 19.2. The molecule has 3 aliphatic rings. The quantitative estimate of drug-likeness (QED) is 0.416. The molecule has 0 aliphatic carbocycles. The maximum atomic E-state index is 5.64. The van der Waals surface area contributed by atoms with Gasteiger partial charge in [0, 0.05) is 44.7 Å². The molecule has 3 heterocycles. The van der Waals surface area contributed by atoms with Crippen LogP contribution in [0.4, 0.5) is 0 Å². The van der Waals surface area contributed by atoms with Gasteiger partial charge in [-0.2, -0.15) is 0 Å². The zero-order chi connectivity index (χ0) is 15.4. The predicted octanol–water partition coefficient (Wildman–Crippen LogP) is 2.02. The lowest BCUT2D eigenvalue weighted by Gasteiger charge is -2.25. The van der Waals surface area contributed by atoms with Crippen LogP contribution in [0.25, 0.3) is 0 Å². The highest BCUT2D eigenvalue weighted by atomic mass is 127. The zero-order valence-electron chi connectivity index (χ0n) is 14.7. The summed E-state index contributed by atoms with van der Waals surface area (Å²) in [5, 5.41) is 3.50. The molecular weight excluding hydrogens is 403 g/mol. The number of ether oxygens (including phenoxy) is 1. The molecule has 0 saturated carbocycles. The Morgan fingerprint density at radius 1 is 1.30 bits per heavy atom. The number of guanidine groups is 1. The molecule has 0 radical (unpaired) electrons. The number of nitrogens with one attached hydrogen (secondary N) is 1.